The molecule has 0 unspecified atom stereocenters. The van der Waals surface area contributed by atoms with Gasteiger partial charge in [-0.2, -0.15) is 0 Å². The molecule has 0 atom stereocenters. The molecule has 0 saturated heterocycles. The Balaban J connectivity index is 2.26. The first-order chi connectivity index (χ1) is 11.5. The summed E-state index contributed by atoms with van der Waals surface area (Å²) in [5.41, 5.74) is 1.24. The predicted octanol–water partition coefficient (Wildman–Crippen LogP) is 1.41. The minimum atomic E-state index is -1.13. The summed E-state index contributed by atoms with van der Waals surface area (Å²) in [5, 5.41) is 17.3. The van der Waals surface area contributed by atoms with E-state index >= 15 is 0 Å². The third kappa shape index (κ3) is 5.69. The number of aliphatic carboxylic acids is 2. The molecule has 2 N–H and O–H groups in total. The second-order valence-electron chi connectivity index (χ2n) is 4.54. The molecule has 0 bridgehead atoms. The molecule has 7 nitrogen and oxygen atoms in total. The molecular formula is C17H13NO6. The van der Waals surface area contributed by atoms with Crippen molar-refractivity contribution in [3.05, 3.63) is 53.9 Å². The number of ether oxygens (including phenoxy) is 2. The average molecular weight is 327 g/mol. The Morgan fingerprint density at radius 1 is 0.875 bits per heavy atom. The highest BCUT2D eigenvalue weighted by Crippen LogP contribution is 2.23. The fourth-order valence-corrected chi connectivity index (χ4v) is 1.68. The summed E-state index contributed by atoms with van der Waals surface area (Å²) in [5.74, 6) is 3.98. The molecule has 2 aromatic rings. The highest BCUT2D eigenvalue weighted by atomic mass is 16.5. The molecule has 122 valence electrons. The number of carboxylic acid groups (broad SMARTS) is 2. The van der Waals surface area contributed by atoms with Gasteiger partial charge in [0.2, 0.25) is 0 Å². The van der Waals surface area contributed by atoms with Gasteiger partial charge in [-0.3, -0.25) is 4.98 Å². The Morgan fingerprint density at radius 2 is 1.38 bits per heavy atom. The van der Waals surface area contributed by atoms with Crippen LogP contribution in [0, 0.1) is 11.8 Å². The van der Waals surface area contributed by atoms with E-state index < -0.39 is 25.2 Å². The zero-order chi connectivity index (χ0) is 17.4. The molecule has 2 rings (SSSR count). The monoisotopic (exact) mass is 327 g/mol. The Kier molecular flexibility index (Phi) is 5.75. The van der Waals surface area contributed by atoms with Gasteiger partial charge in [0, 0.05) is 29.6 Å². The normalized spacial score (nSPS) is 9.50. The number of hydrogen-bond acceptors (Lipinski definition) is 5. The highest BCUT2D eigenvalue weighted by Gasteiger charge is 2.06. The lowest BCUT2D eigenvalue weighted by Crippen LogP contribution is -2.11. The molecular weight excluding hydrogens is 314 g/mol. The average Bonchev–Trinajstić information content (AvgIpc) is 2.57. The lowest BCUT2D eigenvalue weighted by Gasteiger charge is -2.08. The number of hydrogen-bond donors (Lipinski definition) is 2. The molecule has 0 aliphatic rings. The van der Waals surface area contributed by atoms with Crippen LogP contribution in [0.4, 0.5) is 0 Å². The van der Waals surface area contributed by atoms with Gasteiger partial charge in [-0.15, -0.1) is 0 Å². The van der Waals surface area contributed by atoms with Gasteiger partial charge in [0.05, 0.1) is 0 Å². The van der Waals surface area contributed by atoms with Crippen LogP contribution in [0.15, 0.2) is 42.7 Å². The van der Waals surface area contributed by atoms with Crippen LogP contribution in [0.3, 0.4) is 0 Å². The number of benzene rings is 1. The first-order valence-electron chi connectivity index (χ1n) is 6.79. The van der Waals surface area contributed by atoms with E-state index in [9.17, 15) is 9.59 Å². The van der Waals surface area contributed by atoms with Gasteiger partial charge in [0.25, 0.3) is 0 Å². The van der Waals surface area contributed by atoms with Gasteiger partial charge in [-0.25, -0.2) is 9.59 Å². The van der Waals surface area contributed by atoms with Crippen molar-refractivity contribution in [2.45, 2.75) is 0 Å². The van der Waals surface area contributed by atoms with Crippen LogP contribution in [-0.2, 0) is 9.59 Å². The molecule has 24 heavy (non-hydrogen) atoms. The smallest absolute Gasteiger partial charge is 0.341 e. The third-order valence-corrected chi connectivity index (χ3v) is 2.64. The van der Waals surface area contributed by atoms with Crippen molar-refractivity contribution in [1.82, 2.24) is 4.98 Å². The fourth-order valence-electron chi connectivity index (χ4n) is 1.68. The molecule has 0 radical (unpaired) electrons. The van der Waals surface area contributed by atoms with E-state index in [1.807, 2.05) is 0 Å². The number of nitrogens with zero attached hydrogens (tertiary/aromatic N) is 1. The number of rotatable bonds is 6. The van der Waals surface area contributed by atoms with Gasteiger partial charge in [0.1, 0.15) is 11.5 Å². The maximum absolute atomic E-state index is 10.6. The van der Waals surface area contributed by atoms with Gasteiger partial charge in [0.15, 0.2) is 13.2 Å². The zero-order valence-electron chi connectivity index (χ0n) is 12.4. The molecule has 0 aliphatic carbocycles. The Labute approximate surface area is 137 Å². The lowest BCUT2D eigenvalue weighted by molar-refractivity contribution is -0.140. The second-order valence-corrected chi connectivity index (χ2v) is 4.54. The molecule has 0 aliphatic heterocycles. The van der Waals surface area contributed by atoms with Crippen molar-refractivity contribution in [3.8, 4) is 23.3 Å². The first-order valence-corrected chi connectivity index (χ1v) is 6.79. The number of pyridine rings is 1. The molecule has 1 aromatic heterocycles. The Morgan fingerprint density at radius 3 is 1.88 bits per heavy atom. The minimum absolute atomic E-state index is 0.222. The fraction of sp³-hybridized carbons (Fsp3) is 0.118. The van der Waals surface area contributed by atoms with E-state index in [2.05, 4.69) is 16.8 Å². The lowest BCUT2D eigenvalue weighted by atomic mass is 10.2. The van der Waals surface area contributed by atoms with Crippen molar-refractivity contribution in [1.29, 1.82) is 0 Å². The van der Waals surface area contributed by atoms with Crippen LogP contribution in [0.1, 0.15) is 11.1 Å². The van der Waals surface area contributed by atoms with Crippen LogP contribution in [0.25, 0.3) is 0 Å². The molecule has 0 spiro atoms. The van der Waals surface area contributed by atoms with Crippen molar-refractivity contribution < 1.29 is 29.3 Å². The summed E-state index contributed by atoms with van der Waals surface area (Å²) >= 11 is 0. The standard InChI is InChI=1S/C17H13NO6/c19-16(20)10-23-14-7-13(2-1-12-3-5-18-6-4-12)8-15(9-14)24-11-17(21)22/h3-9H,10-11H2,(H,19,20)(H,21,22). The van der Waals surface area contributed by atoms with E-state index in [1.54, 1.807) is 36.7 Å². The SMILES string of the molecule is O=C(O)COc1cc(C#Cc2ccncc2)cc(OCC(=O)O)c1. The number of carboxylic acids is 2. The van der Waals surface area contributed by atoms with Crippen LogP contribution >= 0.6 is 0 Å². The van der Waals surface area contributed by atoms with Gasteiger partial charge >= 0.3 is 11.9 Å². The predicted molar refractivity (Wildman–Crippen MR) is 82.9 cm³/mol. The largest absolute Gasteiger partial charge is 0.482 e. The van der Waals surface area contributed by atoms with E-state index in [1.165, 1.54) is 6.07 Å². The summed E-state index contributed by atoms with van der Waals surface area (Å²) < 4.78 is 10.2. The summed E-state index contributed by atoms with van der Waals surface area (Å²) in [7, 11) is 0. The minimum Gasteiger partial charge on any atom is -0.482 e. The van der Waals surface area contributed by atoms with Crippen molar-refractivity contribution >= 4 is 11.9 Å². The van der Waals surface area contributed by atoms with Crippen LogP contribution in [0.2, 0.25) is 0 Å². The topological polar surface area (TPSA) is 106 Å². The Bertz CT molecular complexity index is 755. The molecule has 0 saturated carbocycles. The van der Waals surface area contributed by atoms with Gasteiger partial charge < -0.3 is 19.7 Å². The third-order valence-electron chi connectivity index (χ3n) is 2.64. The molecule has 0 amide bonds. The van der Waals surface area contributed by atoms with Crippen LogP contribution < -0.4 is 9.47 Å². The van der Waals surface area contributed by atoms with Crippen molar-refractivity contribution in [2.75, 3.05) is 13.2 Å². The quantitative estimate of drug-likeness (QED) is 0.773. The van der Waals surface area contributed by atoms with E-state index in [0.717, 1.165) is 5.56 Å². The summed E-state index contributed by atoms with van der Waals surface area (Å²) in [4.78, 5) is 25.1. The van der Waals surface area contributed by atoms with Crippen molar-refractivity contribution in [2.24, 2.45) is 0 Å². The molecule has 1 aromatic carbocycles. The van der Waals surface area contributed by atoms with E-state index in [0.29, 0.717) is 5.56 Å². The second kappa shape index (κ2) is 8.19. The number of carbonyl (C=O) groups is 2. The van der Waals surface area contributed by atoms with Gasteiger partial charge in [-0.05, 0) is 24.3 Å². The number of aromatic nitrogens is 1. The zero-order valence-corrected chi connectivity index (χ0v) is 12.4. The summed E-state index contributed by atoms with van der Waals surface area (Å²) in [6.45, 7) is -1.06. The van der Waals surface area contributed by atoms with Crippen LogP contribution in [0.5, 0.6) is 11.5 Å². The van der Waals surface area contributed by atoms with Gasteiger partial charge in [-0.1, -0.05) is 11.8 Å². The van der Waals surface area contributed by atoms with Crippen LogP contribution in [-0.4, -0.2) is 40.3 Å². The maximum Gasteiger partial charge on any atom is 0.341 e. The van der Waals surface area contributed by atoms with E-state index in [-0.39, 0.29) is 11.5 Å². The first kappa shape index (κ1) is 16.8. The molecule has 7 heteroatoms. The van der Waals surface area contributed by atoms with E-state index in [4.69, 9.17) is 19.7 Å². The van der Waals surface area contributed by atoms with Crippen molar-refractivity contribution in [3.63, 3.8) is 0 Å². The summed E-state index contributed by atoms with van der Waals surface area (Å²) in [6.07, 6.45) is 3.22. The maximum atomic E-state index is 10.6. The molecule has 0 fully saturated rings. The molecule has 1 heterocycles. The highest BCUT2D eigenvalue weighted by molar-refractivity contribution is 5.69. The summed E-state index contributed by atoms with van der Waals surface area (Å²) in [6, 6.07) is 7.97. The Hall–Kier alpha value is -3.53.